The summed E-state index contributed by atoms with van der Waals surface area (Å²) in [7, 11) is 3.19. The van der Waals surface area contributed by atoms with Crippen molar-refractivity contribution in [1.29, 1.82) is 5.26 Å². The van der Waals surface area contributed by atoms with E-state index in [1.165, 1.54) is 0 Å². The van der Waals surface area contributed by atoms with Gasteiger partial charge < -0.3 is 24.4 Å². The topological polar surface area (TPSA) is 104 Å². The summed E-state index contributed by atoms with van der Waals surface area (Å²) in [5.41, 5.74) is 1.72. The van der Waals surface area contributed by atoms with Crippen LogP contribution in [0.1, 0.15) is 30.9 Å². The highest BCUT2D eigenvalue weighted by Crippen LogP contribution is 2.32. The minimum atomic E-state index is -0.199. The van der Waals surface area contributed by atoms with Crippen molar-refractivity contribution in [3.8, 4) is 17.6 Å². The molecule has 2 aromatic carbocycles. The highest BCUT2D eigenvalue weighted by atomic mass is 16.5. The van der Waals surface area contributed by atoms with Crippen LogP contribution in [0.15, 0.2) is 48.5 Å². The monoisotopic (exact) mass is 494 g/mol. The number of nitriles is 1. The summed E-state index contributed by atoms with van der Waals surface area (Å²) in [6.45, 7) is 3.43. The first-order chi connectivity index (χ1) is 17.6. The van der Waals surface area contributed by atoms with Crippen LogP contribution >= 0.6 is 0 Å². The lowest BCUT2D eigenvalue weighted by Gasteiger charge is -2.35. The molecule has 192 valence electrons. The molecule has 2 amide bonds. The zero-order valence-electron chi connectivity index (χ0n) is 20.9. The number of hydrogen-bond donors (Lipinski definition) is 1. The first-order valence-corrected chi connectivity index (χ1v) is 12.1. The third kappa shape index (κ3) is 7.44. The van der Waals surface area contributed by atoms with Crippen molar-refractivity contribution in [2.45, 2.75) is 25.3 Å². The predicted molar refractivity (Wildman–Crippen MR) is 136 cm³/mol. The van der Waals surface area contributed by atoms with Crippen molar-refractivity contribution < 1.29 is 23.8 Å². The maximum atomic E-state index is 12.9. The maximum Gasteiger partial charge on any atom is 0.227 e. The van der Waals surface area contributed by atoms with Crippen LogP contribution < -0.4 is 19.7 Å². The Bertz CT molecular complexity index is 1030. The number of amides is 2. The summed E-state index contributed by atoms with van der Waals surface area (Å²) >= 11 is 0. The number of anilines is 1. The van der Waals surface area contributed by atoms with Gasteiger partial charge in [-0.3, -0.25) is 14.5 Å². The lowest BCUT2D eigenvalue weighted by atomic mass is 10.0. The van der Waals surface area contributed by atoms with Crippen LogP contribution in [0.5, 0.6) is 11.5 Å². The minimum Gasteiger partial charge on any atom is -0.493 e. The van der Waals surface area contributed by atoms with Crippen LogP contribution in [0.4, 0.5) is 5.69 Å². The molecule has 1 aliphatic rings. The summed E-state index contributed by atoms with van der Waals surface area (Å²) < 4.78 is 16.3. The van der Waals surface area contributed by atoms with E-state index in [0.717, 1.165) is 24.3 Å². The first kappa shape index (κ1) is 27.0. The van der Waals surface area contributed by atoms with Crippen molar-refractivity contribution in [2.75, 3.05) is 58.5 Å². The second-order valence-corrected chi connectivity index (χ2v) is 8.37. The summed E-state index contributed by atoms with van der Waals surface area (Å²) in [5.74, 6) is 0.888. The minimum absolute atomic E-state index is 0.0603. The molecule has 0 saturated carbocycles. The van der Waals surface area contributed by atoms with E-state index in [1.54, 1.807) is 19.1 Å². The van der Waals surface area contributed by atoms with Crippen LogP contribution in [0.25, 0.3) is 0 Å². The van der Waals surface area contributed by atoms with E-state index in [4.69, 9.17) is 19.5 Å². The van der Waals surface area contributed by atoms with E-state index in [2.05, 4.69) is 16.3 Å². The number of benzene rings is 2. The number of hydrogen-bond acceptors (Lipinski definition) is 7. The Morgan fingerprint density at radius 3 is 2.47 bits per heavy atom. The van der Waals surface area contributed by atoms with Crippen LogP contribution in [-0.2, 0) is 14.3 Å². The van der Waals surface area contributed by atoms with Crippen molar-refractivity contribution in [3.05, 3.63) is 54.1 Å². The second kappa shape index (κ2) is 14.1. The third-order valence-corrected chi connectivity index (χ3v) is 6.15. The summed E-state index contributed by atoms with van der Waals surface area (Å²) in [6, 6.07) is 17.0. The summed E-state index contributed by atoms with van der Waals surface area (Å²) in [4.78, 5) is 29.5. The van der Waals surface area contributed by atoms with Gasteiger partial charge >= 0.3 is 0 Å². The normalized spacial score (nSPS) is 14.4. The van der Waals surface area contributed by atoms with E-state index < -0.39 is 0 Å². The zero-order chi connectivity index (χ0) is 25.8. The van der Waals surface area contributed by atoms with Gasteiger partial charge in [0.15, 0.2) is 11.5 Å². The Balaban J connectivity index is 1.63. The average molecular weight is 495 g/mol. The molecule has 3 rings (SSSR count). The quantitative estimate of drug-likeness (QED) is 0.484. The Morgan fingerprint density at radius 1 is 1.08 bits per heavy atom. The number of carbonyl (C=O) groups excluding carboxylic acids is 2. The molecule has 1 N–H and O–H groups in total. The van der Waals surface area contributed by atoms with Gasteiger partial charge in [-0.05, 0) is 29.8 Å². The molecular weight excluding hydrogens is 460 g/mol. The maximum absolute atomic E-state index is 12.9. The molecule has 1 saturated heterocycles. The molecule has 1 aliphatic heterocycles. The average Bonchev–Trinajstić information content (AvgIpc) is 2.93. The fourth-order valence-electron chi connectivity index (χ4n) is 4.23. The largest absolute Gasteiger partial charge is 0.493 e. The van der Waals surface area contributed by atoms with Gasteiger partial charge in [-0.1, -0.05) is 24.3 Å². The molecule has 36 heavy (non-hydrogen) atoms. The van der Waals surface area contributed by atoms with Gasteiger partial charge in [-0.15, -0.1) is 0 Å². The van der Waals surface area contributed by atoms with Gasteiger partial charge in [0.2, 0.25) is 11.8 Å². The molecule has 1 fully saturated rings. The number of para-hydroxylation sites is 1. The van der Waals surface area contributed by atoms with Gasteiger partial charge in [0.1, 0.15) is 0 Å². The number of rotatable bonds is 12. The molecule has 1 heterocycles. The molecule has 0 aromatic heterocycles. The van der Waals surface area contributed by atoms with Crippen LogP contribution in [-0.4, -0.2) is 70.3 Å². The lowest BCUT2D eigenvalue weighted by Crippen LogP contribution is -2.44. The van der Waals surface area contributed by atoms with Crippen molar-refractivity contribution in [2.24, 2.45) is 0 Å². The van der Waals surface area contributed by atoms with Gasteiger partial charge in [0.05, 0.1) is 46.0 Å². The number of nitrogens with one attached hydrogen (secondary N) is 1. The predicted octanol–water partition coefficient (Wildman–Crippen LogP) is 2.92. The smallest absolute Gasteiger partial charge is 0.227 e. The van der Waals surface area contributed by atoms with Crippen molar-refractivity contribution in [1.82, 2.24) is 10.2 Å². The number of morpholine rings is 1. The third-order valence-electron chi connectivity index (χ3n) is 6.15. The highest BCUT2D eigenvalue weighted by molar-refractivity contribution is 5.95. The molecule has 0 aliphatic carbocycles. The van der Waals surface area contributed by atoms with E-state index in [-0.39, 0.29) is 37.1 Å². The molecule has 1 unspecified atom stereocenters. The lowest BCUT2D eigenvalue weighted by molar-refractivity contribution is -0.125. The molecule has 9 heteroatoms. The van der Waals surface area contributed by atoms with Gasteiger partial charge in [0.25, 0.3) is 0 Å². The molecule has 0 radical (unpaired) electrons. The number of nitrogens with zero attached hydrogens (tertiary/aromatic N) is 3. The van der Waals surface area contributed by atoms with Gasteiger partial charge in [0, 0.05) is 44.7 Å². The molecule has 0 spiro atoms. The first-order valence-electron chi connectivity index (χ1n) is 12.1. The Hall–Kier alpha value is -3.61. The molecule has 0 bridgehead atoms. The van der Waals surface area contributed by atoms with E-state index in [1.807, 2.05) is 48.5 Å². The van der Waals surface area contributed by atoms with Crippen LogP contribution in [0, 0.1) is 11.3 Å². The van der Waals surface area contributed by atoms with Crippen LogP contribution in [0.2, 0.25) is 0 Å². The van der Waals surface area contributed by atoms with Gasteiger partial charge in [-0.25, -0.2) is 0 Å². The molecule has 2 aromatic rings. The molecule has 1 atom stereocenters. The standard InChI is InChI=1S/C27H34N4O5/c1-34-24-10-9-21(19-25(24)35-2)23(30-15-17-36-18-16-30)20-29-26(32)11-12-27(33)31(14-6-13-28)22-7-4-3-5-8-22/h3-5,7-10,19,23H,6,11-12,14-18,20H2,1-2H3,(H,29,32). The fourth-order valence-corrected chi connectivity index (χ4v) is 4.23. The van der Waals surface area contributed by atoms with Crippen molar-refractivity contribution >= 4 is 17.5 Å². The summed E-state index contributed by atoms with van der Waals surface area (Å²) in [6.07, 6.45) is 0.348. The number of ether oxygens (including phenoxy) is 3. The SMILES string of the molecule is COc1ccc(C(CNC(=O)CCC(=O)N(CCC#N)c2ccccc2)N2CCOCC2)cc1OC. The Kier molecular flexibility index (Phi) is 10.5. The number of carbonyl (C=O) groups is 2. The van der Waals surface area contributed by atoms with Gasteiger partial charge in [-0.2, -0.15) is 5.26 Å². The van der Waals surface area contributed by atoms with E-state index in [9.17, 15) is 9.59 Å². The second-order valence-electron chi connectivity index (χ2n) is 8.37. The van der Waals surface area contributed by atoms with Crippen LogP contribution in [0.3, 0.4) is 0 Å². The fraction of sp³-hybridized carbons (Fsp3) is 0.444. The summed E-state index contributed by atoms with van der Waals surface area (Å²) in [5, 5.41) is 12.0. The Labute approximate surface area is 212 Å². The highest BCUT2D eigenvalue weighted by Gasteiger charge is 2.25. The molecule has 9 nitrogen and oxygen atoms in total. The Morgan fingerprint density at radius 2 is 1.81 bits per heavy atom. The van der Waals surface area contributed by atoms with E-state index in [0.29, 0.717) is 37.8 Å². The molecular formula is C27H34N4O5. The van der Waals surface area contributed by atoms with Crippen molar-refractivity contribution in [3.63, 3.8) is 0 Å². The number of methoxy groups -OCH3 is 2. The van der Waals surface area contributed by atoms with E-state index >= 15 is 0 Å². The zero-order valence-corrected chi connectivity index (χ0v) is 20.9.